The smallest absolute Gasteiger partial charge is 0.282 e. The van der Waals surface area contributed by atoms with E-state index in [-0.39, 0.29) is 10.6 Å². The summed E-state index contributed by atoms with van der Waals surface area (Å²) in [4.78, 5) is 10.3. The molecule has 0 aliphatic carbocycles. The summed E-state index contributed by atoms with van der Waals surface area (Å²) in [6.07, 6.45) is 3.40. The van der Waals surface area contributed by atoms with Crippen molar-refractivity contribution in [1.29, 1.82) is 0 Å². The quantitative estimate of drug-likeness (QED) is 0.501. The standard InChI is InChI=1S/C10H10IN5O2/c11-9-7-8(1-2-10(9)16(17)18)12-3-5-15-6-4-13-14-15/h1-2,4,6-7,12H,3,5H2. The van der Waals surface area contributed by atoms with E-state index in [0.29, 0.717) is 16.7 Å². The van der Waals surface area contributed by atoms with Crippen LogP contribution in [0.15, 0.2) is 30.6 Å². The second kappa shape index (κ2) is 5.76. The van der Waals surface area contributed by atoms with E-state index in [2.05, 4.69) is 15.6 Å². The molecular formula is C10H10IN5O2. The van der Waals surface area contributed by atoms with Gasteiger partial charge in [0.15, 0.2) is 0 Å². The van der Waals surface area contributed by atoms with Crippen LogP contribution >= 0.6 is 22.6 Å². The number of hydrogen-bond donors (Lipinski definition) is 1. The van der Waals surface area contributed by atoms with E-state index >= 15 is 0 Å². The SMILES string of the molecule is O=[N+]([O-])c1ccc(NCCn2ccnn2)cc1I. The predicted octanol–water partition coefficient (Wildman–Crippen LogP) is 1.90. The summed E-state index contributed by atoms with van der Waals surface area (Å²) in [6, 6.07) is 4.95. The molecule has 1 aromatic heterocycles. The molecule has 0 atom stereocenters. The third kappa shape index (κ3) is 3.15. The first-order valence-corrected chi connectivity index (χ1v) is 6.26. The van der Waals surface area contributed by atoms with Crippen LogP contribution in [0, 0.1) is 13.7 Å². The van der Waals surface area contributed by atoms with E-state index in [1.54, 1.807) is 29.2 Å². The Hall–Kier alpha value is -1.71. The fourth-order valence-corrected chi connectivity index (χ4v) is 2.14. The molecule has 0 fully saturated rings. The summed E-state index contributed by atoms with van der Waals surface area (Å²) in [6.45, 7) is 1.37. The largest absolute Gasteiger partial charge is 0.383 e. The molecule has 0 amide bonds. The number of nitro benzene ring substituents is 1. The maximum Gasteiger partial charge on any atom is 0.282 e. The average Bonchev–Trinajstić information content (AvgIpc) is 2.81. The van der Waals surface area contributed by atoms with Gasteiger partial charge in [-0.2, -0.15) is 0 Å². The Balaban J connectivity index is 1.94. The third-order valence-electron chi connectivity index (χ3n) is 2.29. The fourth-order valence-electron chi connectivity index (χ4n) is 1.43. The summed E-state index contributed by atoms with van der Waals surface area (Å²) in [5.41, 5.74) is 0.975. The highest BCUT2D eigenvalue weighted by Gasteiger charge is 2.11. The summed E-state index contributed by atoms with van der Waals surface area (Å²) in [7, 11) is 0. The second-order valence-electron chi connectivity index (χ2n) is 3.52. The molecule has 1 aromatic carbocycles. The van der Waals surface area contributed by atoms with Crippen molar-refractivity contribution in [2.45, 2.75) is 6.54 Å². The molecule has 0 aliphatic rings. The van der Waals surface area contributed by atoms with Gasteiger partial charge in [0.25, 0.3) is 5.69 Å². The van der Waals surface area contributed by atoms with Crippen LogP contribution in [-0.4, -0.2) is 26.5 Å². The Morgan fingerprint density at radius 3 is 2.94 bits per heavy atom. The van der Waals surface area contributed by atoms with E-state index in [4.69, 9.17) is 0 Å². The number of halogens is 1. The first kappa shape index (κ1) is 12.7. The number of benzene rings is 1. The highest BCUT2D eigenvalue weighted by Crippen LogP contribution is 2.23. The Labute approximate surface area is 116 Å². The first-order chi connectivity index (χ1) is 8.66. The Morgan fingerprint density at radius 1 is 1.50 bits per heavy atom. The maximum absolute atomic E-state index is 10.7. The van der Waals surface area contributed by atoms with Gasteiger partial charge in [-0.1, -0.05) is 5.21 Å². The van der Waals surface area contributed by atoms with Crippen LogP contribution in [0.5, 0.6) is 0 Å². The molecule has 7 nitrogen and oxygen atoms in total. The summed E-state index contributed by atoms with van der Waals surface area (Å²) in [5.74, 6) is 0. The van der Waals surface area contributed by atoms with Gasteiger partial charge in [-0.3, -0.25) is 14.8 Å². The van der Waals surface area contributed by atoms with Crippen LogP contribution in [0.25, 0.3) is 0 Å². The molecule has 2 aromatic rings. The highest BCUT2D eigenvalue weighted by molar-refractivity contribution is 14.1. The van der Waals surface area contributed by atoms with Gasteiger partial charge in [-0.05, 0) is 34.7 Å². The van der Waals surface area contributed by atoms with Gasteiger partial charge in [0.1, 0.15) is 0 Å². The van der Waals surface area contributed by atoms with Gasteiger partial charge in [-0.25, -0.2) is 0 Å². The number of nitro groups is 1. The molecule has 0 unspecified atom stereocenters. The van der Waals surface area contributed by atoms with E-state index < -0.39 is 0 Å². The molecule has 1 heterocycles. The monoisotopic (exact) mass is 359 g/mol. The normalized spacial score (nSPS) is 10.3. The molecule has 0 saturated heterocycles. The van der Waals surface area contributed by atoms with E-state index in [1.807, 2.05) is 22.6 Å². The number of nitrogens with one attached hydrogen (secondary N) is 1. The zero-order chi connectivity index (χ0) is 13.0. The van der Waals surface area contributed by atoms with Crippen LogP contribution in [0.1, 0.15) is 0 Å². The molecule has 0 radical (unpaired) electrons. The molecule has 2 rings (SSSR count). The lowest BCUT2D eigenvalue weighted by molar-refractivity contribution is -0.385. The molecule has 0 saturated carbocycles. The van der Waals surface area contributed by atoms with Crippen molar-refractivity contribution in [3.63, 3.8) is 0 Å². The minimum Gasteiger partial charge on any atom is -0.383 e. The number of nitrogens with zero attached hydrogens (tertiary/aromatic N) is 4. The average molecular weight is 359 g/mol. The number of rotatable bonds is 5. The lowest BCUT2D eigenvalue weighted by Gasteiger charge is -2.06. The van der Waals surface area contributed by atoms with Crippen LogP contribution in [0.2, 0.25) is 0 Å². The number of aromatic nitrogens is 3. The molecule has 1 N–H and O–H groups in total. The van der Waals surface area contributed by atoms with Crippen molar-refractivity contribution in [3.05, 3.63) is 44.3 Å². The van der Waals surface area contributed by atoms with E-state index in [1.165, 1.54) is 6.07 Å². The third-order valence-corrected chi connectivity index (χ3v) is 3.15. The topological polar surface area (TPSA) is 85.9 Å². The zero-order valence-corrected chi connectivity index (χ0v) is 11.4. The van der Waals surface area contributed by atoms with Gasteiger partial charge in [-0.15, -0.1) is 5.10 Å². The maximum atomic E-state index is 10.7. The molecule has 0 bridgehead atoms. The predicted molar refractivity (Wildman–Crippen MR) is 74.3 cm³/mol. The lowest BCUT2D eigenvalue weighted by Crippen LogP contribution is -2.11. The van der Waals surface area contributed by atoms with Crippen LogP contribution < -0.4 is 5.32 Å². The molecule has 94 valence electrons. The van der Waals surface area contributed by atoms with Crippen molar-refractivity contribution in [2.75, 3.05) is 11.9 Å². The van der Waals surface area contributed by atoms with Gasteiger partial charge in [0, 0.05) is 24.5 Å². The van der Waals surface area contributed by atoms with Crippen molar-refractivity contribution < 1.29 is 4.92 Å². The van der Waals surface area contributed by atoms with Crippen LogP contribution in [0.4, 0.5) is 11.4 Å². The lowest BCUT2D eigenvalue weighted by atomic mass is 10.3. The van der Waals surface area contributed by atoms with Crippen molar-refractivity contribution >= 4 is 34.0 Å². The summed E-state index contributed by atoms with van der Waals surface area (Å²) < 4.78 is 2.33. The van der Waals surface area contributed by atoms with Gasteiger partial charge < -0.3 is 5.32 Å². The molecule has 18 heavy (non-hydrogen) atoms. The van der Waals surface area contributed by atoms with E-state index in [9.17, 15) is 10.1 Å². The van der Waals surface area contributed by atoms with Crippen molar-refractivity contribution in [2.24, 2.45) is 0 Å². The first-order valence-electron chi connectivity index (χ1n) is 5.19. The number of hydrogen-bond acceptors (Lipinski definition) is 5. The van der Waals surface area contributed by atoms with Gasteiger partial charge in [0.05, 0.1) is 21.2 Å². The summed E-state index contributed by atoms with van der Waals surface area (Å²) in [5, 5.41) is 21.4. The minimum atomic E-state index is -0.388. The molecule has 0 aliphatic heterocycles. The Morgan fingerprint density at radius 2 is 2.33 bits per heavy atom. The zero-order valence-electron chi connectivity index (χ0n) is 9.28. The van der Waals surface area contributed by atoms with E-state index in [0.717, 1.165) is 5.69 Å². The van der Waals surface area contributed by atoms with Gasteiger partial charge in [0.2, 0.25) is 0 Å². The molecular weight excluding hydrogens is 349 g/mol. The molecule has 0 spiro atoms. The van der Waals surface area contributed by atoms with Crippen LogP contribution in [0.3, 0.4) is 0 Å². The minimum absolute atomic E-state index is 0.123. The Kier molecular flexibility index (Phi) is 4.07. The van der Waals surface area contributed by atoms with Crippen molar-refractivity contribution in [3.8, 4) is 0 Å². The molecule has 8 heteroatoms. The Bertz CT molecular complexity index is 543. The second-order valence-corrected chi connectivity index (χ2v) is 4.68. The highest BCUT2D eigenvalue weighted by atomic mass is 127. The fraction of sp³-hybridized carbons (Fsp3) is 0.200. The van der Waals surface area contributed by atoms with Gasteiger partial charge >= 0.3 is 0 Å². The van der Waals surface area contributed by atoms with Crippen molar-refractivity contribution in [1.82, 2.24) is 15.0 Å². The number of anilines is 1. The van der Waals surface area contributed by atoms with Crippen LogP contribution in [-0.2, 0) is 6.54 Å². The summed E-state index contributed by atoms with van der Waals surface area (Å²) >= 11 is 1.95.